The highest BCUT2D eigenvalue weighted by molar-refractivity contribution is 6.21. The maximum Gasteiger partial charge on any atom is 0.0803 e. The minimum Gasteiger partial charge on any atom is -0.317 e. The highest BCUT2D eigenvalue weighted by atomic mass is 15.1. The average molecular weight is 905 g/mol. The van der Waals surface area contributed by atoms with Gasteiger partial charge in [0.15, 0.2) is 0 Å². The van der Waals surface area contributed by atoms with Gasteiger partial charge in [0.1, 0.15) is 0 Å². The first-order valence-electron chi connectivity index (χ1n) is 23.5. The zero-order valence-corrected chi connectivity index (χ0v) is 41.9. The van der Waals surface area contributed by atoms with E-state index in [1.807, 2.05) is 45.1 Å². The smallest absolute Gasteiger partial charge is 0.0803 e. The molecule has 2 heterocycles. The Kier molecular flexibility index (Phi) is 26.8. The third-order valence-corrected chi connectivity index (χ3v) is 10.6. The third kappa shape index (κ3) is 14.5. The van der Waals surface area contributed by atoms with E-state index in [1.54, 1.807) is 6.08 Å². The van der Waals surface area contributed by atoms with Crippen molar-refractivity contribution in [2.24, 2.45) is 0 Å². The summed E-state index contributed by atoms with van der Waals surface area (Å²) in [6.07, 6.45) is 35.7. The second kappa shape index (κ2) is 32.2. The number of hydrogen-bond acceptors (Lipinski definition) is 4. The first kappa shape index (κ1) is 56.6. The van der Waals surface area contributed by atoms with Gasteiger partial charge in [-0.25, -0.2) is 0 Å². The quantitative estimate of drug-likeness (QED) is 0.0546. The monoisotopic (exact) mass is 905 g/mol. The van der Waals surface area contributed by atoms with Gasteiger partial charge in [-0.2, -0.15) is 0 Å². The van der Waals surface area contributed by atoms with E-state index in [2.05, 4.69) is 245 Å². The van der Waals surface area contributed by atoms with Crippen LogP contribution in [-0.4, -0.2) is 29.6 Å². The van der Waals surface area contributed by atoms with Crippen LogP contribution in [0.5, 0.6) is 0 Å². The van der Waals surface area contributed by atoms with Crippen LogP contribution in [0.4, 0.5) is 11.4 Å². The second-order valence-electron chi connectivity index (χ2n) is 14.8. The van der Waals surface area contributed by atoms with E-state index in [9.17, 15) is 0 Å². The number of fused-ring (bicyclic) bond motifs is 5. The largest absolute Gasteiger partial charge is 0.317 e. The van der Waals surface area contributed by atoms with E-state index in [0.29, 0.717) is 0 Å². The molecule has 1 atom stereocenters. The lowest BCUT2D eigenvalue weighted by Gasteiger charge is -2.29. The van der Waals surface area contributed by atoms with Crippen molar-refractivity contribution in [2.45, 2.75) is 73.3 Å². The van der Waals surface area contributed by atoms with E-state index >= 15 is 0 Å². The van der Waals surface area contributed by atoms with E-state index in [4.69, 9.17) is 10.8 Å². The van der Waals surface area contributed by atoms with Crippen LogP contribution in [0, 0.1) is 10.8 Å². The summed E-state index contributed by atoms with van der Waals surface area (Å²) >= 11 is 0. The molecule has 0 aliphatic heterocycles. The molecule has 0 radical (unpaired) electrons. The predicted molar refractivity (Wildman–Crippen MR) is 307 cm³/mol. The summed E-state index contributed by atoms with van der Waals surface area (Å²) in [6, 6.07) is 35.4. The van der Waals surface area contributed by atoms with Gasteiger partial charge in [0.05, 0.1) is 33.8 Å². The van der Waals surface area contributed by atoms with Crippen LogP contribution in [0.2, 0.25) is 0 Å². The van der Waals surface area contributed by atoms with Crippen molar-refractivity contribution >= 4 is 63.3 Å². The molecule has 3 N–H and O–H groups in total. The Morgan fingerprint density at radius 1 is 0.779 bits per heavy atom. The van der Waals surface area contributed by atoms with Gasteiger partial charge in [-0.1, -0.05) is 180 Å². The lowest BCUT2D eigenvalue weighted by atomic mass is 9.93. The molecular weight excluding hydrogens is 829 g/mol. The fourth-order valence-electron chi connectivity index (χ4n) is 7.96. The number of aromatic nitrogens is 2. The average Bonchev–Trinajstić information content (AvgIpc) is 3.75. The molecule has 0 saturated heterocycles. The summed E-state index contributed by atoms with van der Waals surface area (Å²) in [7, 11) is 2.06. The van der Waals surface area contributed by atoms with E-state index in [0.717, 1.165) is 59.5 Å². The first-order valence-corrected chi connectivity index (χ1v) is 23.5. The van der Waals surface area contributed by atoms with Crippen LogP contribution in [0.3, 0.4) is 0 Å². The lowest BCUT2D eigenvalue weighted by Crippen LogP contribution is -2.22. The first-order chi connectivity index (χ1) is 33.5. The number of nitrogens with one attached hydrogen (secondary N) is 3. The number of para-hydroxylation sites is 3. The fraction of sp³-hybridized carbons (Fsp3) is 0.194. The van der Waals surface area contributed by atoms with Crippen LogP contribution in [0.25, 0.3) is 44.2 Å². The molecule has 7 rings (SSSR count). The number of benzene rings is 4. The van der Waals surface area contributed by atoms with Crippen LogP contribution in [0.1, 0.15) is 78.8 Å². The SMILES string of the molecule is C=C.C=C(C)/C=C\C=C/N(c1ccc2c3c(c4ccccc4n3C3=CC=CCC=C3)n(-c3ccccc3)c2c1)c1ccccc1C(NC)/C(=C/C)CCC.C=C/C=C\C=C/CC.C=N.C=N.CC. The predicted octanol–water partition coefficient (Wildman–Crippen LogP) is 17.9. The van der Waals surface area contributed by atoms with Gasteiger partial charge < -0.3 is 30.2 Å². The van der Waals surface area contributed by atoms with Gasteiger partial charge in [-0.15, -0.1) is 13.2 Å². The number of rotatable bonds is 15. The summed E-state index contributed by atoms with van der Waals surface area (Å²) in [5, 5.41) is 17.1. The van der Waals surface area contributed by atoms with Crippen LogP contribution >= 0.6 is 0 Å². The third-order valence-electron chi connectivity index (χ3n) is 10.6. The molecule has 1 aliphatic rings. The maximum atomic E-state index is 5.50. The summed E-state index contributed by atoms with van der Waals surface area (Å²) in [5.74, 6) is 0. The molecule has 0 bridgehead atoms. The Hall–Kier alpha value is -7.54. The van der Waals surface area contributed by atoms with Crippen LogP contribution in [-0.2, 0) is 0 Å². The fourth-order valence-corrected chi connectivity index (χ4v) is 7.96. The molecule has 0 fully saturated rings. The maximum absolute atomic E-state index is 5.50. The zero-order chi connectivity index (χ0) is 50.3. The number of anilines is 2. The van der Waals surface area contributed by atoms with Gasteiger partial charge in [0.25, 0.3) is 0 Å². The number of allylic oxidation sites excluding steroid dienone is 16. The van der Waals surface area contributed by atoms with Crippen molar-refractivity contribution in [2.75, 3.05) is 11.9 Å². The second-order valence-corrected chi connectivity index (χ2v) is 14.8. The molecule has 6 heteroatoms. The zero-order valence-electron chi connectivity index (χ0n) is 41.9. The van der Waals surface area contributed by atoms with Gasteiger partial charge in [0.2, 0.25) is 0 Å². The molecule has 0 spiro atoms. The van der Waals surface area contributed by atoms with Gasteiger partial charge in [0, 0.05) is 34.0 Å². The van der Waals surface area contributed by atoms with Crippen molar-refractivity contribution in [3.8, 4) is 5.69 Å². The molecule has 1 unspecified atom stereocenters. The molecule has 354 valence electrons. The topological polar surface area (TPSA) is 72.8 Å². The lowest BCUT2D eigenvalue weighted by molar-refractivity contribution is 0.640. The minimum absolute atomic E-state index is 0.0868. The summed E-state index contributed by atoms with van der Waals surface area (Å²) < 4.78 is 4.89. The number of hydrogen-bond donors (Lipinski definition) is 3. The van der Waals surface area contributed by atoms with Crippen LogP contribution < -0.4 is 10.2 Å². The molecular formula is C62H76N6. The standard InChI is InChI=1S/C48H48N4.C8H12.C2H6.C2H4.2CH3N/c1-6-21-36(7-2)46(49-5)40-27-15-17-29-43(40)50(33-20-19-22-35(3)4)39-31-32-42-45(34-39)52(38-25-13-10-14-26-38)47-41-28-16-18-30-44(41)51(48(42)47)37-23-11-8-9-12-24-37;1-3-5-7-8-6-4-2;4*1-2/h7-8,10-20,22-34,46,49H,3,6,9,21H2,1-2,4-5H3;3,5-8H,1,4H2,2H3;1-2H3;1-2H2;2*2H,1H2/b22-19-,33-20-,36-7+;7-5-,8-6-;;;;. The van der Waals surface area contributed by atoms with Crippen molar-refractivity contribution in [3.63, 3.8) is 0 Å². The Morgan fingerprint density at radius 2 is 1.44 bits per heavy atom. The minimum atomic E-state index is 0.0868. The summed E-state index contributed by atoms with van der Waals surface area (Å²) in [5.41, 5.74) is 12.9. The highest BCUT2D eigenvalue weighted by Crippen LogP contribution is 2.43. The van der Waals surface area contributed by atoms with E-state index in [1.165, 1.54) is 38.5 Å². The summed E-state index contributed by atoms with van der Waals surface area (Å²) in [6.45, 7) is 31.1. The normalized spacial score (nSPS) is 12.5. The number of nitrogens with zero attached hydrogens (tertiary/aromatic N) is 3. The Balaban J connectivity index is 0.000000875. The molecule has 68 heavy (non-hydrogen) atoms. The summed E-state index contributed by atoms with van der Waals surface area (Å²) in [4.78, 5) is 2.33. The van der Waals surface area contributed by atoms with E-state index < -0.39 is 0 Å². The number of likely N-dealkylation sites (N-methyl/N-ethyl adjacent to an activating group) is 1. The van der Waals surface area contributed by atoms with Crippen molar-refractivity contribution in [1.82, 2.24) is 14.5 Å². The molecule has 1 aliphatic carbocycles. The van der Waals surface area contributed by atoms with Crippen molar-refractivity contribution in [1.29, 1.82) is 10.8 Å². The van der Waals surface area contributed by atoms with Crippen molar-refractivity contribution < 1.29 is 0 Å². The van der Waals surface area contributed by atoms with Gasteiger partial charge in [-0.3, -0.25) is 0 Å². The molecule has 4 aromatic carbocycles. The van der Waals surface area contributed by atoms with Gasteiger partial charge >= 0.3 is 0 Å². The Bertz CT molecular complexity index is 2720. The highest BCUT2D eigenvalue weighted by Gasteiger charge is 2.25. The Labute approximate surface area is 409 Å². The van der Waals surface area contributed by atoms with Crippen LogP contribution in [0.15, 0.2) is 226 Å². The van der Waals surface area contributed by atoms with Crippen molar-refractivity contribution in [3.05, 3.63) is 231 Å². The van der Waals surface area contributed by atoms with Gasteiger partial charge in [-0.05, 0) is 120 Å². The van der Waals surface area contributed by atoms with E-state index in [-0.39, 0.29) is 6.04 Å². The molecule has 0 amide bonds. The molecule has 0 saturated carbocycles. The Morgan fingerprint density at radius 3 is 2.10 bits per heavy atom. The molecule has 6 nitrogen and oxygen atoms in total. The molecule has 6 aromatic rings. The molecule has 2 aromatic heterocycles.